The minimum absolute atomic E-state index is 0.103. The van der Waals surface area contributed by atoms with Crippen LogP contribution in [0.4, 0.5) is 0 Å². The topological polar surface area (TPSA) is 19.9 Å². The van der Waals surface area contributed by atoms with Gasteiger partial charge in [-0.3, -0.25) is 0 Å². The summed E-state index contributed by atoms with van der Waals surface area (Å²) in [5.74, 6) is 0. The molecule has 0 aliphatic rings. The molecule has 0 amide bonds. The second-order valence-corrected chi connectivity index (χ2v) is 1.64. The monoisotopic (exact) mass is 99.1 g/mol. The zero-order chi connectivity index (χ0) is 5.70. The minimum atomic E-state index is -0.103. The average molecular weight is 99.2 g/mol. The first-order chi connectivity index (χ1) is 3.31. The van der Waals surface area contributed by atoms with Crippen LogP contribution < -0.4 is 0 Å². The molecular weight excluding hydrogens is 88.1 g/mol. The van der Waals surface area contributed by atoms with E-state index in [0.717, 1.165) is 18.4 Å². The molecule has 0 fully saturated rings. The maximum atomic E-state index is 9.92. The lowest BCUT2D eigenvalue weighted by molar-refractivity contribution is 0.220. The first kappa shape index (κ1) is 6.70. The fourth-order valence-electron chi connectivity index (χ4n) is 0.426. The molecule has 1 nitrogen and oxygen atoms in total. The van der Waals surface area contributed by atoms with Crippen molar-refractivity contribution in [1.82, 2.24) is 0 Å². The quantitative estimate of drug-likeness (QED) is 0.480. The van der Waals surface area contributed by atoms with E-state index in [-0.39, 0.29) is 6.61 Å². The van der Waals surface area contributed by atoms with E-state index in [2.05, 4.69) is 6.58 Å². The lowest BCUT2D eigenvalue weighted by Gasteiger charge is -1.91. The Morgan fingerprint density at radius 1 is 1.71 bits per heavy atom. The van der Waals surface area contributed by atoms with Gasteiger partial charge in [0, 0.05) is 0 Å². The molecule has 0 aromatic carbocycles. The Bertz CT molecular complexity index is 57.2. The van der Waals surface area contributed by atoms with Gasteiger partial charge in [0.05, 0.1) is 0 Å². The third kappa shape index (κ3) is 3.53. The van der Waals surface area contributed by atoms with Crippen molar-refractivity contribution in [3.63, 3.8) is 0 Å². The van der Waals surface area contributed by atoms with Crippen LogP contribution in [0.3, 0.4) is 0 Å². The second-order valence-electron chi connectivity index (χ2n) is 1.64. The van der Waals surface area contributed by atoms with E-state index >= 15 is 0 Å². The maximum absolute atomic E-state index is 9.92. The van der Waals surface area contributed by atoms with Gasteiger partial charge in [0.1, 0.15) is 6.61 Å². The molecule has 0 atom stereocenters. The molecule has 0 spiro atoms. The van der Waals surface area contributed by atoms with Crippen molar-refractivity contribution < 1.29 is 5.11 Å². The van der Waals surface area contributed by atoms with Gasteiger partial charge in [0.25, 0.3) is 0 Å². The maximum Gasteiger partial charge on any atom is 0.103 e. The van der Waals surface area contributed by atoms with Gasteiger partial charge in [-0.25, -0.2) is 5.11 Å². The summed E-state index contributed by atoms with van der Waals surface area (Å²) < 4.78 is 0. The third-order valence-corrected chi connectivity index (χ3v) is 0.808. The van der Waals surface area contributed by atoms with Gasteiger partial charge in [-0.2, -0.15) is 0 Å². The molecule has 0 saturated carbocycles. The number of hydrogen-bond acceptors (Lipinski definition) is 0. The van der Waals surface area contributed by atoms with Crippen LogP contribution in [0.5, 0.6) is 0 Å². The largest absolute Gasteiger partial charge is 0.232 e. The molecule has 1 radical (unpaired) electrons. The molecule has 0 saturated heterocycles. The highest BCUT2D eigenvalue weighted by Gasteiger charge is 1.86. The molecular formula is C6H11O. The summed E-state index contributed by atoms with van der Waals surface area (Å²) in [5, 5.41) is 9.92. The first-order valence-electron chi connectivity index (χ1n) is 2.56. The molecule has 0 bridgehead atoms. The van der Waals surface area contributed by atoms with Crippen LogP contribution in [0.25, 0.3) is 0 Å². The highest BCUT2D eigenvalue weighted by Crippen LogP contribution is 1.98. The molecule has 0 unspecified atom stereocenters. The van der Waals surface area contributed by atoms with Crippen molar-refractivity contribution in [2.45, 2.75) is 19.8 Å². The third-order valence-electron chi connectivity index (χ3n) is 0.808. The van der Waals surface area contributed by atoms with Crippen LogP contribution >= 0.6 is 0 Å². The lowest BCUT2D eigenvalue weighted by atomic mass is 10.2. The van der Waals surface area contributed by atoms with Crippen LogP contribution in [0.1, 0.15) is 19.8 Å². The molecule has 0 aliphatic carbocycles. The Balaban J connectivity index is 3.00. The van der Waals surface area contributed by atoms with Crippen LogP contribution in [0.2, 0.25) is 0 Å². The van der Waals surface area contributed by atoms with Gasteiger partial charge in [0.15, 0.2) is 0 Å². The van der Waals surface area contributed by atoms with E-state index in [0.29, 0.717) is 0 Å². The Morgan fingerprint density at radius 3 is 2.43 bits per heavy atom. The van der Waals surface area contributed by atoms with Crippen molar-refractivity contribution >= 4 is 0 Å². The zero-order valence-electron chi connectivity index (χ0n) is 4.74. The van der Waals surface area contributed by atoms with Crippen LogP contribution in [0.15, 0.2) is 12.2 Å². The van der Waals surface area contributed by atoms with Crippen molar-refractivity contribution in [1.29, 1.82) is 0 Å². The fourth-order valence-corrected chi connectivity index (χ4v) is 0.426. The highest BCUT2D eigenvalue weighted by molar-refractivity contribution is 4.92. The Morgan fingerprint density at radius 2 is 2.29 bits per heavy atom. The van der Waals surface area contributed by atoms with Crippen molar-refractivity contribution in [3.05, 3.63) is 12.2 Å². The van der Waals surface area contributed by atoms with Crippen LogP contribution in [-0.4, -0.2) is 6.61 Å². The van der Waals surface area contributed by atoms with Gasteiger partial charge in [-0.05, 0) is 12.0 Å². The molecule has 41 valence electrons. The van der Waals surface area contributed by atoms with Crippen LogP contribution in [0, 0.1) is 0 Å². The molecule has 0 heterocycles. The molecule has 0 rings (SSSR count). The van der Waals surface area contributed by atoms with Gasteiger partial charge >= 0.3 is 0 Å². The van der Waals surface area contributed by atoms with Gasteiger partial charge in [-0.15, -0.1) is 0 Å². The van der Waals surface area contributed by atoms with Gasteiger partial charge < -0.3 is 0 Å². The average Bonchev–Trinajstić information content (AvgIpc) is 1.68. The smallest absolute Gasteiger partial charge is 0.103 e. The molecule has 0 aromatic rings. The molecule has 0 aliphatic heterocycles. The van der Waals surface area contributed by atoms with E-state index in [9.17, 15) is 5.11 Å². The standard InChI is InChI=1S/C6H11O/c1-3-4-6(2)5-7/h2-5H2,1H3. The van der Waals surface area contributed by atoms with E-state index in [1.54, 1.807) is 0 Å². The minimum Gasteiger partial charge on any atom is -0.232 e. The van der Waals surface area contributed by atoms with Crippen molar-refractivity contribution in [2.24, 2.45) is 0 Å². The summed E-state index contributed by atoms with van der Waals surface area (Å²) in [6, 6.07) is 0. The fraction of sp³-hybridized carbons (Fsp3) is 0.667. The summed E-state index contributed by atoms with van der Waals surface area (Å²) in [6.07, 6.45) is 1.94. The van der Waals surface area contributed by atoms with Gasteiger partial charge in [0.2, 0.25) is 0 Å². The van der Waals surface area contributed by atoms with E-state index in [4.69, 9.17) is 0 Å². The van der Waals surface area contributed by atoms with Crippen molar-refractivity contribution in [2.75, 3.05) is 6.61 Å². The summed E-state index contributed by atoms with van der Waals surface area (Å²) in [5.41, 5.74) is 0.822. The molecule has 0 N–H and O–H groups in total. The van der Waals surface area contributed by atoms with E-state index in [1.807, 2.05) is 6.92 Å². The second kappa shape index (κ2) is 3.88. The number of hydrogen-bond donors (Lipinski definition) is 0. The summed E-state index contributed by atoms with van der Waals surface area (Å²) >= 11 is 0. The zero-order valence-corrected chi connectivity index (χ0v) is 4.74. The Hall–Kier alpha value is -0.300. The predicted molar refractivity (Wildman–Crippen MR) is 29.6 cm³/mol. The first-order valence-corrected chi connectivity index (χ1v) is 2.56. The van der Waals surface area contributed by atoms with Crippen molar-refractivity contribution in [3.8, 4) is 0 Å². The normalized spacial score (nSPS) is 8.86. The van der Waals surface area contributed by atoms with E-state index in [1.165, 1.54) is 0 Å². The predicted octanol–water partition coefficient (Wildman–Crippen LogP) is 1.77. The summed E-state index contributed by atoms with van der Waals surface area (Å²) in [4.78, 5) is 0. The van der Waals surface area contributed by atoms with Gasteiger partial charge in [-0.1, -0.05) is 19.9 Å². The number of rotatable bonds is 3. The van der Waals surface area contributed by atoms with Crippen LogP contribution in [-0.2, 0) is 5.11 Å². The molecule has 0 aromatic heterocycles. The highest BCUT2D eigenvalue weighted by atomic mass is 16.3. The molecule has 1 heteroatoms. The molecule has 7 heavy (non-hydrogen) atoms. The Kier molecular flexibility index (Phi) is 3.71. The SMILES string of the molecule is C=C(C[O])CCC. The lowest BCUT2D eigenvalue weighted by Crippen LogP contribution is -1.83. The summed E-state index contributed by atoms with van der Waals surface area (Å²) in [6.45, 7) is 5.49. The van der Waals surface area contributed by atoms with E-state index < -0.39 is 0 Å². The Labute approximate surface area is 44.7 Å². The summed E-state index contributed by atoms with van der Waals surface area (Å²) in [7, 11) is 0.